The van der Waals surface area contributed by atoms with Crippen LogP contribution in [0.2, 0.25) is 0 Å². The maximum atomic E-state index is 13.0. The highest BCUT2D eigenvalue weighted by atomic mass is 35.5. The number of amides is 2. The number of piperidine rings is 1. The zero-order valence-corrected chi connectivity index (χ0v) is 16.0. The number of aliphatic hydroxyl groups excluding tert-OH is 1. The first-order valence-corrected chi connectivity index (χ1v) is 9.21. The number of benzene rings is 1. The van der Waals surface area contributed by atoms with Gasteiger partial charge in [-0.3, -0.25) is 9.59 Å². The second-order valence-corrected chi connectivity index (χ2v) is 7.21. The van der Waals surface area contributed by atoms with Gasteiger partial charge in [0.15, 0.2) is 0 Å². The summed E-state index contributed by atoms with van der Waals surface area (Å²) >= 11 is 0. The zero-order valence-electron chi connectivity index (χ0n) is 15.2. The lowest BCUT2D eigenvalue weighted by Gasteiger charge is -2.32. The van der Waals surface area contributed by atoms with Gasteiger partial charge in [0.2, 0.25) is 11.8 Å². The van der Waals surface area contributed by atoms with E-state index in [1.54, 1.807) is 17.0 Å². The smallest absolute Gasteiger partial charge is 0.227 e. The Labute approximate surface area is 164 Å². The number of β-amino-alcohol motifs (C(OH)–C–C–N with tert-alkyl or cyclic N) is 1. The van der Waals surface area contributed by atoms with Crippen molar-refractivity contribution >= 4 is 24.2 Å². The number of hydrogen-bond acceptors (Lipinski definition) is 4. The largest absolute Gasteiger partial charge is 0.391 e. The summed E-state index contributed by atoms with van der Waals surface area (Å²) in [5.74, 6) is -0.586. The molecule has 1 aromatic carbocycles. The Balaban J connectivity index is 0.00000261. The van der Waals surface area contributed by atoms with Crippen LogP contribution in [0.25, 0.3) is 0 Å². The van der Waals surface area contributed by atoms with Crippen molar-refractivity contribution < 1.29 is 19.1 Å². The Hall–Kier alpha value is -1.70. The van der Waals surface area contributed by atoms with Gasteiger partial charge in [-0.25, -0.2) is 4.39 Å². The summed E-state index contributed by atoms with van der Waals surface area (Å²) in [7, 11) is 0. The van der Waals surface area contributed by atoms with Gasteiger partial charge in [0, 0.05) is 38.6 Å². The molecule has 3 unspecified atom stereocenters. The number of nitrogens with zero attached hydrogens (tertiary/aromatic N) is 1. The summed E-state index contributed by atoms with van der Waals surface area (Å²) in [4.78, 5) is 26.6. The van der Waals surface area contributed by atoms with Crippen LogP contribution >= 0.6 is 12.4 Å². The van der Waals surface area contributed by atoms with Gasteiger partial charge in [-0.15, -0.1) is 12.4 Å². The van der Waals surface area contributed by atoms with Crippen molar-refractivity contribution in [1.82, 2.24) is 15.5 Å². The summed E-state index contributed by atoms with van der Waals surface area (Å²) in [6.07, 6.45) is 1.35. The maximum Gasteiger partial charge on any atom is 0.227 e. The van der Waals surface area contributed by atoms with Gasteiger partial charge in [0.1, 0.15) is 5.82 Å². The van der Waals surface area contributed by atoms with E-state index in [-0.39, 0.29) is 48.3 Å². The summed E-state index contributed by atoms with van der Waals surface area (Å²) < 4.78 is 13.0. The fourth-order valence-electron chi connectivity index (χ4n) is 3.61. The summed E-state index contributed by atoms with van der Waals surface area (Å²) in [5, 5.41) is 15.8. The first-order chi connectivity index (χ1) is 12.5. The molecule has 0 saturated carbocycles. The Bertz CT molecular complexity index is 644. The molecule has 0 radical (unpaired) electrons. The first-order valence-electron chi connectivity index (χ1n) is 9.21. The van der Waals surface area contributed by atoms with Crippen LogP contribution in [0, 0.1) is 17.7 Å². The third-order valence-electron chi connectivity index (χ3n) is 5.26. The minimum Gasteiger partial charge on any atom is -0.391 e. The molecule has 0 aromatic heterocycles. The van der Waals surface area contributed by atoms with Crippen molar-refractivity contribution in [3.05, 3.63) is 35.6 Å². The molecule has 1 aromatic rings. The minimum atomic E-state index is -0.421. The van der Waals surface area contributed by atoms with E-state index in [0.29, 0.717) is 32.7 Å². The molecule has 2 aliphatic rings. The number of carbonyl (C=O) groups excluding carboxylic acids is 2. The number of hydrogen-bond donors (Lipinski definition) is 3. The molecule has 2 aliphatic heterocycles. The second kappa shape index (κ2) is 10.0. The van der Waals surface area contributed by atoms with Crippen molar-refractivity contribution in [2.24, 2.45) is 11.8 Å². The Morgan fingerprint density at radius 3 is 2.67 bits per heavy atom. The molecule has 3 rings (SSSR count). The van der Waals surface area contributed by atoms with Crippen molar-refractivity contribution in [2.75, 3.05) is 32.7 Å². The summed E-state index contributed by atoms with van der Waals surface area (Å²) in [6, 6.07) is 5.92. The van der Waals surface area contributed by atoms with Crippen LogP contribution in [0.1, 0.15) is 18.4 Å². The predicted octanol–water partition coefficient (Wildman–Crippen LogP) is 0.725. The number of likely N-dealkylation sites (tertiary alicyclic amines) is 1. The van der Waals surface area contributed by atoms with E-state index in [0.717, 1.165) is 18.4 Å². The van der Waals surface area contributed by atoms with Gasteiger partial charge in [0.05, 0.1) is 18.4 Å². The molecular weight excluding hydrogens is 373 g/mol. The zero-order chi connectivity index (χ0) is 18.5. The van der Waals surface area contributed by atoms with Crippen molar-refractivity contribution in [3.63, 3.8) is 0 Å². The van der Waals surface area contributed by atoms with E-state index in [1.807, 2.05) is 0 Å². The predicted molar refractivity (Wildman–Crippen MR) is 102 cm³/mol. The van der Waals surface area contributed by atoms with Crippen LogP contribution in [0.15, 0.2) is 24.3 Å². The number of carbonyl (C=O) groups is 2. The highest BCUT2D eigenvalue weighted by Crippen LogP contribution is 2.18. The molecule has 0 bridgehead atoms. The number of aliphatic hydroxyl groups is 1. The lowest BCUT2D eigenvalue weighted by molar-refractivity contribution is -0.135. The fraction of sp³-hybridized carbons (Fsp3) is 0.579. The highest BCUT2D eigenvalue weighted by Gasteiger charge is 2.30. The lowest BCUT2D eigenvalue weighted by atomic mass is 9.96. The summed E-state index contributed by atoms with van der Waals surface area (Å²) in [5.41, 5.74) is 0.769. The molecule has 27 heavy (non-hydrogen) atoms. The molecule has 2 amide bonds. The van der Waals surface area contributed by atoms with Crippen LogP contribution in [0.5, 0.6) is 0 Å². The molecule has 2 fully saturated rings. The van der Waals surface area contributed by atoms with Crippen molar-refractivity contribution in [2.45, 2.75) is 25.4 Å². The molecule has 8 heteroatoms. The van der Waals surface area contributed by atoms with E-state index in [4.69, 9.17) is 0 Å². The molecule has 0 aliphatic carbocycles. The van der Waals surface area contributed by atoms with E-state index < -0.39 is 6.10 Å². The van der Waals surface area contributed by atoms with Crippen molar-refractivity contribution in [3.8, 4) is 0 Å². The molecular formula is C19H27ClFN3O3. The highest BCUT2D eigenvalue weighted by molar-refractivity contribution is 5.85. The Kier molecular flexibility index (Phi) is 8.01. The monoisotopic (exact) mass is 399 g/mol. The number of halogens is 2. The Morgan fingerprint density at radius 2 is 2.00 bits per heavy atom. The fourth-order valence-corrected chi connectivity index (χ4v) is 3.61. The molecule has 150 valence electrons. The Morgan fingerprint density at radius 1 is 1.26 bits per heavy atom. The molecule has 3 N–H and O–H groups in total. The minimum absolute atomic E-state index is 0. The SMILES string of the molecule is Cl.O=C(NCC1CNCC1O)C1CCCN(C(=O)Cc2ccc(F)cc2)C1. The average molecular weight is 400 g/mol. The molecule has 6 nitrogen and oxygen atoms in total. The van der Waals surface area contributed by atoms with Crippen LogP contribution in [-0.2, 0) is 16.0 Å². The second-order valence-electron chi connectivity index (χ2n) is 7.21. The van der Waals surface area contributed by atoms with Gasteiger partial charge in [-0.05, 0) is 30.5 Å². The molecule has 3 atom stereocenters. The standard InChI is InChI=1S/C19H26FN3O3.ClH/c20-16-5-3-13(4-6-16)8-18(25)23-7-1-2-14(12-23)19(26)22-10-15-9-21-11-17(15)24;/h3-6,14-15,17,21,24H,1-2,7-12H2,(H,22,26);1H. The van der Waals surface area contributed by atoms with Gasteiger partial charge >= 0.3 is 0 Å². The van der Waals surface area contributed by atoms with Crippen LogP contribution in [0.3, 0.4) is 0 Å². The van der Waals surface area contributed by atoms with E-state index in [9.17, 15) is 19.1 Å². The van der Waals surface area contributed by atoms with Crippen molar-refractivity contribution in [1.29, 1.82) is 0 Å². The number of rotatable bonds is 5. The van der Waals surface area contributed by atoms with E-state index in [1.165, 1.54) is 12.1 Å². The lowest BCUT2D eigenvalue weighted by Crippen LogP contribution is -2.47. The molecule has 0 spiro atoms. The first kappa shape index (κ1) is 21.6. The quantitative estimate of drug-likeness (QED) is 0.681. The van der Waals surface area contributed by atoms with Crippen LogP contribution in [0.4, 0.5) is 4.39 Å². The van der Waals surface area contributed by atoms with Crippen LogP contribution in [-0.4, -0.2) is 60.6 Å². The van der Waals surface area contributed by atoms with E-state index >= 15 is 0 Å². The molecule has 2 heterocycles. The summed E-state index contributed by atoms with van der Waals surface area (Å²) in [6.45, 7) is 2.78. The van der Waals surface area contributed by atoms with Gasteiger partial charge in [-0.2, -0.15) is 0 Å². The van der Waals surface area contributed by atoms with Gasteiger partial charge in [-0.1, -0.05) is 12.1 Å². The van der Waals surface area contributed by atoms with E-state index in [2.05, 4.69) is 10.6 Å². The molecule has 2 saturated heterocycles. The average Bonchev–Trinajstić information content (AvgIpc) is 3.06. The number of nitrogens with one attached hydrogen (secondary N) is 2. The topological polar surface area (TPSA) is 81.7 Å². The van der Waals surface area contributed by atoms with Gasteiger partial charge < -0.3 is 20.6 Å². The maximum absolute atomic E-state index is 13.0. The normalized spacial score (nSPS) is 25.0. The van der Waals surface area contributed by atoms with Crippen LogP contribution < -0.4 is 10.6 Å². The third-order valence-corrected chi connectivity index (χ3v) is 5.26. The third kappa shape index (κ3) is 5.89. The van der Waals surface area contributed by atoms with Gasteiger partial charge in [0.25, 0.3) is 0 Å².